The molecule has 2 aromatic heterocycles. The maximum Gasteiger partial charge on any atom is 0.150 e. The molecule has 5 heteroatoms. The van der Waals surface area contributed by atoms with Crippen LogP contribution in [-0.4, -0.2) is 5.16 Å². The summed E-state index contributed by atoms with van der Waals surface area (Å²) in [5.41, 5.74) is 0. The van der Waals surface area contributed by atoms with Crippen LogP contribution in [0.15, 0.2) is 32.7 Å². The first-order valence-corrected chi connectivity index (χ1v) is 6.25. The van der Waals surface area contributed by atoms with Gasteiger partial charge in [0, 0.05) is 17.0 Å². The highest BCUT2D eigenvalue weighted by atomic mass is 79.9. The molecule has 0 aliphatic rings. The van der Waals surface area contributed by atoms with Crippen LogP contribution in [0.2, 0.25) is 0 Å². The Morgan fingerprint density at radius 3 is 3.00 bits per heavy atom. The molecule has 2 aromatic rings. The van der Waals surface area contributed by atoms with Gasteiger partial charge in [-0.1, -0.05) is 5.16 Å². The first-order valence-electron chi connectivity index (χ1n) is 4.64. The van der Waals surface area contributed by atoms with E-state index in [0.717, 1.165) is 9.55 Å². The van der Waals surface area contributed by atoms with E-state index in [1.165, 1.54) is 4.88 Å². The number of hydrogen-bond donors (Lipinski definition) is 1. The molecule has 3 nitrogen and oxygen atoms in total. The zero-order valence-corrected chi connectivity index (χ0v) is 10.6. The Hall–Kier alpha value is -0.650. The average Bonchev–Trinajstić information content (AvgIpc) is 2.84. The molecule has 80 valence electrons. The number of rotatable bonds is 4. The van der Waals surface area contributed by atoms with E-state index >= 15 is 0 Å². The van der Waals surface area contributed by atoms with Gasteiger partial charge in [-0.05, 0) is 35.0 Å². The van der Waals surface area contributed by atoms with Gasteiger partial charge in [-0.15, -0.1) is 11.3 Å². The monoisotopic (exact) mass is 286 g/mol. The van der Waals surface area contributed by atoms with Gasteiger partial charge in [-0.3, -0.25) is 0 Å². The van der Waals surface area contributed by atoms with Crippen LogP contribution < -0.4 is 5.32 Å². The number of nitrogens with one attached hydrogen (secondary N) is 1. The maximum absolute atomic E-state index is 5.01. The molecule has 0 aliphatic heterocycles. The minimum absolute atomic E-state index is 0.325. The number of thiophene rings is 1. The van der Waals surface area contributed by atoms with Gasteiger partial charge in [-0.25, -0.2) is 0 Å². The Labute approximate surface area is 101 Å². The van der Waals surface area contributed by atoms with Gasteiger partial charge in [0.25, 0.3) is 0 Å². The summed E-state index contributed by atoms with van der Waals surface area (Å²) in [5, 5.41) is 7.03. The maximum atomic E-state index is 5.01. The van der Waals surface area contributed by atoms with Crippen molar-refractivity contribution >= 4 is 27.3 Å². The minimum Gasteiger partial charge on any atom is -0.360 e. The highest BCUT2D eigenvalue weighted by molar-refractivity contribution is 9.11. The van der Waals surface area contributed by atoms with Crippen molar-refractivity contribution in [3.05, 3.63) is 38.8 Å². The van der Waals surface area contributed by atoms with Crippen molar-refractivity contribution < 1.29 is 4.52 Å². The van der Waals surface area contributed by atoms with Gasteiger partial charge in [-0.2, -0.15) is 0 Å². The third-order valence-corrected chi connectivity index (χ3v) is 3.90. The fourth-order valence-corrected chi connectivity index (χ4v) is 2.70. The lowest BCUT2D eigenvalue weighted by Crippen LogP contribution is -2.16. The Kier molecular flexibility index (Phi) is 3.56. The summed E-state index contributed by atoms with van der Waals surface area (Å²) in [6.45, 7) is 2.84. The summed E-state index contributed by atoms with van der Waals surface area (Å²) in [4.78, 5) is 1.31. The van der Waals surface area contributed by atoms with Crippen molar-refractivity contribution in [3.8, 4) is 0 Å². The predicted molar refractivity (Wildman–Crippen MR) is 63.8 cm³/mol. The molecular formula is C10H11BrN2OS. The Morgan fingerprint density at radius 2 is 2.40 bits per heavy atom. The van der Waals surface area contributed by atoms with Crippen LogP contribution >= 0.6 is 27.3 Å². The normalized spacial score (nSPS) is 12.9. The molecule has 0 saturated carbocycles. The van der Waals surface area contributed by atoms with Gasteiger partial charge in [0.2, 0.25) is 0 Å². The van der Waals surface area contributed by atoms with E-state index in [4.69, 9.17) is 4.52 Å². The van der Waals surface area contributed by atoms with Crippen molar-refractivity contribution in [3.63, 3.8) is 0 Å². The molecule has 0 fully saturated rings. The predicted octanol–water partition coefficient (Wildman–Crippen LogP) is 3.35. The Morgan fingerprint density at radius 1 is 1.53 bits per heavy atom. The molecule has 0 bridgehead atoms. The fraction of sp³-hybridized carbons (Fsp3) is 0.300. The quantitative estimate of drug-likeness (QED) is 0.937. The summed E-state index contributed by atoms with van der Waals surface area (Å²) in [6.07, 6.45) is 1.66. The summed E-state index contributed by atoms with van der Waals surface area (Å²) in [5.74, 6) is 0.859. The molecule has 0 spiro atoms. The summed E-state index contributed by atoms with van der Waals surface area (Å²) in [7, 11) is 0. The lowest BCUT2D eigenvalue weighted by molar-refractivity contribution is 0.366. The SMILES string of the molecule is CC(NCc1ccno1)c1ccc(Br)s1. The third kappa shape index (κ3) is 2.90. The molecule has 2 rings (SSSR count). The van der Waals surface area contributed by atoms with Crippen LogP contribution in [0.3, 0.4) is 0 Å². The smallest absolute Gasteiger partial charge is 0.150 e. The van der Waals surface area contributed by atoms with E-state index < -0.39 is 0 Å². The molecule has 1 N–H and O–H groups in total. The minimum atomic E-state index is 0.325. The van der Waals surface area contributed by atoms with Gasteiger partial charge in [0.15, 0.2) is 0 Å². The van der Waals surface area contributed by atoms with E-state index in [0.29, 0.717) is 12.6 Å². The number of halogens is 1. The van der Waals surface area contributed by atoms with Gasteiger partial charge < -0.3 is 9.84 Å². The number of nitrogens with zero attached hydrogens (tertiary/aromatic N) is 1. The molecule has 0 amide bonds. The first-order chi connectivity index (χ1) is 7.25. The Balaban J connectivity index is 1.90. The Bertz CT molecular complexity index is 413. The van der Waals surface area contributed by atoms with E-state index in [1.54, 1.807) is 17.5 Å². The van der Waals surface area contributed by atoms with E-state index in [9.17, 15) is 0 Å². The fourth-order valence-electron chi connectivity index (χ4n) is 1.25. The third-order valence-electron chi connectivity index (χ3n) is 2.09. The van der Waals surface area contributed by atoms with Crippen molar-refractivity contribution in [1.29, 1.82) is 0 Å². The van der Waals surface area contributed by atoms with E-state index in [2.05, 4.69) is 45.5 Å². The molecule has 0 radical (unpaired) electrons. The van der Waals surface area contributed by atoms with Crippen molar-refractivity contribution in [2.24, 2.45) is 0 Å². The molecule has 2 heterocycles. The molecule has 1 unspecified atom stereocenters. The molecule has 0 aliphatic carbocycles. The molecule has 15 heavy (non-hydrogen) atoms. The second-order valence-corrected chi connectivity index (χ2v) is 5.72. The molecular weight excluding hydrogens is 276 g/mol. The summed E-state index contributed by atoms with van der Waals surface area (Å²) >= 11 is 5.19. The van der Waals surface area contributed by atoms with Crippen molar-refractivity contribution in [2.75, 3.05) is 0 Å². The van der Waals surface area contributed by atoms with E-state index in [-0.39, 0.29) is 0 Å². The highest BCUT2D eigenvalue weighted by Gasteiger charge is 2.08. The van der Waals surface area contributed by atoms with E-state index in [1.807, 2.05) is 6.07 Å². The summed E-state index contributed by atoms with van der Waals surface area (Å²) < 4.78 is 6.16. The van der Waals surface area contributed by atoms with Crippen molar-refractivity contribution in [2.45, 2.75) is 19.5 Å². The van der Waals surface area contributed by atoms with Gasteiger partial charge in [0.05, 0.1) is 16.5 Å². The molecule has 1 atom stereocenters. The van der Waals surface area contributed by atoms with Crippen LogP contribution in [0.4, 0.5) is 0 Å². The summed E-state index contributed by atoms with van der Waals surface area (Å²) in [6, 6.07) is 6.37. The van der Waals surface area contributed by atoms with Crippen LogP contribution in [0.1, 0.15) is 23.6 Å². The lowest BCUT2D eigenvalue weighted by Gasteiger charge is -2.09. The highest BCUT2D eigenvalue weighted by Crippen LogP contribution is 2.27. The van der Waals surface area contributed by atoms with Crippen LogP contribution in [0.5, 0.6) is 0 Å². The lowest BCUT2D eigenvalue weighted by atomic mass is 10.2. The van der Waals surface area contributed by atoms with Crippen LogP contribution in [0, 0.1) is 0 Å². The largest absolute Gasteiger partial charge is 0.360 e. The van der Waals surface area contributed by atoms with Crippen molar-refractivity contribution in [1.82, 2.24) is 10.5 Å². The van der Waals surface area contributed by atoms with Crippen LogP contribution in [0.25, 0.3) is 0 Å². The first kappa shape index (κ1) is 10.9. The second-order valence-electron chi connectivity index (χ2n) is 3.22. The topological polar surface area (TPSA) is 38.1 Å². The standard InChI is InChI=1S/C10H11BrN2OS/c1-7(9-2-3-10(11)15-9)12-6-8-4-5-13-14-8/h2-5,7,12H,6H2,1H3. The second kappa shape index (κ2) is 4.92. The zero-order chi connectivity index (χ0) is 10.7. The molecule has 0 aromatic carbocycles. The molecule has 0 saturated heterocycles. The number of hydrogen-bond acceptors (Lipinski definition) is 4. The van der Waals surface area contributed by atoms with Gasteiger partial charge >= 0.3 is 0 Å². The number of aromatic nitrogens is 1. The zero-order valence-electron chi connectivity index (χ0n) is 8.24. The van der Waals surface area contributed by atoms with Gasteiger partial charge in [0.1, 0.15) is 5.76 Å². The average molecular weight is 287 g/mol. The van der Waals surface area contributed by atoms with Crippen LogP contribution in [-0.2, 0) is 6.54 Å².